The first-order valence-electron chi connectivity index (χ1n) is 5.62. The third-order valence-corrected chi connectivity index (χ3v) is 2.63. The van der Waals surface area contributed by atoms with E-state index in [-0.39, 0.29) is 6.42 Å². The number of carboxylic acids is 1. The molecule has 1 rings (SSSR count). The molecule has 1 aromatic rings. The topological polar surface area (TPSA) is 60.8 Å². The van der Waals surface area contributed by atoms with Crippen LogP contribution in [-0.2, 0) is 11.3 Å². The van der Waals surface area contributed by atoms with E-state index < -0.39 is 12.1 Å². The van der Waals surface area contributed by atoms with Crippen LogP contribution in [0.4, 0.5) is 0 Å². The molecule has 94 valence electrons. The summed E-state index contributed by atoms with van der Waals surface area (Å²) in [5, 5.41) is 18.1. The van der Waals surface area contributed by atoms with Crippen LogP contribution in [-0.4, -0.2) is 40.8 Å². The third-order valence-electron chi connectivity index (χ3n) is 2.63. The van der Waals surface area contributed by atoms with Gasteiger partial charge < -0.3 is 10.2 Å². The number of hydrogen-bond acceptors (Lipinski definition) is 3. The summed E-state index contributed by atoms with van der Waals surface area (Å²) in [5.74, 6) is -0.971. The Morgan fingerprint density at radius 1 is 1.41 bits per heavy atom. The van der Waals surface area contributed by atoms with E-state index in [0.717, 1.165) is 0 Å². The molecule has 0 fully saturated rings. The first kappa shape index (κ1) is 13.7. The fourth-order valence-electron chi connectivity index (χ4n) is 1.77. The van der Waals surface area contributed by atoms with Crippen molar-refractivity contribution in [3.63, 3.8) is 0 Å². The number of hydrogen-bond donors (Lipinski definition) is 2. The molecule has 4 nitrogen and oxygen atoms in total. The summed E-state index contributed by atoms with van der Waals surface area (Å²) < 4.78 is 0. The van der Waals surface area contributed by atoms with E-state index in [4.69, 9.17) is 5.11 Å². The molecule has 0 amide bonds. The fraction of sp³-hybridized carbons (Fsp3) is 0.462. The standard InChI is InChI=1S/C13H19NO3/c1-10-5-3-4-6-11(10)8-14(2)9-12(15)7-13(16)17/h3-6,12,15H,7-9H2,1-2H3,(H,16,17). The highest BCUT2D eigenvalue weighted by Gasteiger charge is 2.12. The lowest BCUT2D eigenvalue weighted by Gasteiger charge is -2.20. The van der Waals surface area contributed by atoms with Crippen LogP contribution >= 0.6 is 0 Å². The van der Waals surface area contributed by atoms with Crippen LogP contribution in [0.25, 0.3) is 0 Å². The van der Waals surface area contributed by atoms with Crippen molar-refractivity contribution in [2.24, 2.45) is 0 Å². The number of benzene rings is 1. The molecule has 0 aromatic heterocycles. The zero-order valence-corrected chi connectivity index (χ0v) is 10.3. The minimum atomic E-state index is -0.971. The average molecular weight is 237 g/mol. The number of rotatable bonds is 6. The van der Waals surface area contributed by atoms with Gasteiger partial charge in [0, 0.05) is 13.1 Å². The number of aryl methyl sites for hydroxylation is 1. The van der Waals surface area contributed by atoms with E-state index >= 15 is 0 Å². The van der Waals surface area contributed by atoms with Gasteiger partial charge in [-0.3, -0.25) is 9.69 Å². The number of carboxylic acid groups (broad SMARTS) is 1. The molecule has 1 aromatic carbocycles. The van der Waals surface area contributed by atoms with Crippen molar-refractivity contribution in [2.75, 3.05) is 13.6 Å². The number of likely N-dealkylation sites (N-methyl/N-ethyl adjacent to an activating group) is 1. The van der Waals surface area contributed by atoms with Gasteiger partial charge in [0.2, 0.25) is 0 Å². The van der Waals surface area contributed by atoms with E-state index in [1.165, 1.54) is 11.1 Å². The maximum Gasteiger partial charge on any atom is 0.306 e. The minimum Gasteiger partial charge on any atom is -0.481 e. The van der Waals surface area contributed by atoms with Gasteiger partial charge in [-0.05, 0) is 25.1 Å². The summed E-state index contributed by atoms with van der Waals surface area (Å²) in [5.41, 5.74) is 2.39. The van der Waals surface area contributed by atoms with Crippen molar-refractivity contribution < 1.29 is 15.0 Å². The number of nitrogens with zero attached hydrogens (tertiary/aromatic N) is 1. The van der Waals surface area contributed by atoms with Gasteiger partial charge in [0.05, 0.1) is 12.5 Å². The summed E-state index contributed by atoms with van der Waals surface area (Å²) in [6.07, 6.45) is -1.03. The Kier molecular flexibility index (Phi) is 5.12. The maximum atomic E-state index is 10.4. The predicted octanol–water partition coefficient (Wildman–Crippen LogP) is 1.26. The lowest BCUT2D eigenvalue weighted by atomic mass is 10.1. The second-order valence-corrected chi connectivity index (χ2v) is 4.37. The van der Waals surface area contributed by atoms with Crippen molar-refractivity contribution in [3.05, 3.63) is 35.4 Å². The van der Waals surface area contributed by atoms with Gasteiger partial charge >= 0.3 is 5.97 Å². The second-order valence-electron chi connectivity index (χ2n) is 4.37. The van der Waals surface area contributed by atoms with Crippen molar-refractivity contribution >= 4 is 5.97 Å². The highest BCUT2D eigenvalue weighted by molar-refractivity contribution is 5.67. The number of aliphatic hydroxyl groups excluding tert-OH is 1. The Bertz CT molecular complexity index is 379. The molecule has 4 heteroatoms. The van der Waals surface area contributed by atoms with Gasteiger partial charge in [-0.25, -0.2) is 0 Å². The quantitative estimate of drug-likeness (QED) is 0.782. The highest BCUT2D eigenvalue weighted by atomic mass is 16.4. The third kappa shape index (κ3) is 4.97. The zero-order valence-electron chi connectivity index (χ0n) is 10.3. The lowest BCUT2D eigenvalue weighted by Crippen LogP contribution is -2.30. The maximum absolute atomic E-state index is 10.4. The van der Waals surface area contributed by atoms with Gasteiger partial charge in [0.25, 0.3) is 0 Å². The molecule has 0 saturated carbocycles. The van der Waals surface area contributed by atoms with E-state index in [0.29, 0.717) is 13.1 Å². The molecule has 0 aliphatic carbocycles. The Morgan fingerprint density at radius 3 is 2.65 bits per heavy atom. The minimum absolute atomic E-state index is 0.210. The van der Waals surface area contributed by atoms with Crippen LogP contribution < -0.4 is 0 Å². The molecule has 0 aliphatic heterocycles. The molecule has 0 spiro atoms. The van der Waals surface area contributed by atoms with Crippen LogP contribution in [0.15, 0.2) is 24.3 Å². The molecule has 0 bridgehead atoms. The largest absolute Gasteiger partial charge is 0.481 e. The van der Waals surface area contributed by atoms with E-state index in [9.17, 15) is 9.90 Å². The molecule has 0 radical (unpaired) electrons. The summed E-state index contributed by atoms with van der Waals surface area (Å²) in [4.78, 5) is 12.4. The van der Waals surface area contributed by atoms with Crippen LogP contribution in [0.1, 0.15) is 17.5 Å². The molecule has 0 saturated heterocycles. The van der Waals surface area contributed by atoms with Crippen LogP contribution in [0.2, 0.25) is 0 Å². The predicted molar refractivity (Wildman–Crippen MR) is 65.8 cm³/mol. The molecular formula is C13H19NO3. The van der Waals surface area contributed by atoms with Gasteiger partial charge in [-0.2, -0.15) is 0 Å². The molecule has 0 aliphatic rings. The van der Waals surface area contributed by atoms with Crippen molar-refractivity contribution in [1.82, 2.24) is 4.90 Å². The normalized spacial score (nSPS) is 12.7. The monoisotopic (exact) mass is 237 g/mol. The Labute approximate surface area is 101 Å². The molecule has 1 atom stereocenters. The molecular weight excluding hydrogens is 218 g/mol. The number of aliphatic hydroxyl groups is 1. The first-order chi connectivity index (χ1) is 7.99. The van der Waals surface area contributed by atoms with Gasteiger partial charge in [0.1, 0.15) is 0 Å². The summed E-state index contributed by atoms with van der Waals surface area (Å²) in [7, 11) is 1.87. The Morgan fingerprint density at radius 2 is 2.06 bits per heavy atom. The van der Waals surface area contributed by atoms with E-state index in [2.05, 4.69) is 0 Å². The van der Waals surface area contributed by atoms with Crippen LogP contribution in [0.5, 0.6) is 0 Å². The fourth-order valence-corrected chi connectivity index (χ4v) is 1.77. The highest BCUT2D eigenvalue weighted by Crippen LogP contribution is 2.10. The van der Waals surface area contributed by atoms with Crippen molar-refractivity contribution in [3.8, 4) is 0 Å². The summed E-state index contributed by atoms with van der Waals surface area (Å²) in [6.45, 7) is 3.11. The van der Waals surface area contributed by atoms with Crippen LogP contribution in [0.3, 0.4) is 0 Å². The summed E-state index contributed by atoms with van der Waals surface area (Å²) >= 11 is 0. The zero-order chi connectivity index (χ0) is 12.8. The smallest absolute Gasteiger partial charge is 0.306 e. The molecule has 0 heterocycles. The van der Waals surface area contributed by atoms with Gasteiger partial charge in [-0.1, -0.05) is 24.3 Å². The molecule has 2 N–H and O–H groups in total. The number of aliphatic carboxylic acids is 1. The van der Waals surface area contributed by atoms with Crippen molar-refractivity contribution in [1.29, 1.82) is 0 Å². The molecule has 1 unspecified atom stereocenters. The van der Waals surface area contributed by atoms with Gasteiger partial charge in [-0.15, -0.1) is 0 Å². The lowest BCUT2D eigenvalue weighted by molar-refractivity contribution is -0.139. The second kappa shape index (κ2) is 6.37. The first-order valence-corrected chi connectivity index (χ1v) is 5.62. The Balaban J connectivity index is 2.47. The van der Waals surface area contributed by atoms with Gasteiger partial charge in [0.15, 0.2) is 0 Å². The Hall–Kier alpha value is -1.39. The SMILES string of the molecule is Cc1ccccc1CN(C)CC(O)CC(=O)O. The van der Waals surface area contributed by atoms with Crippen molar-refractivity contribution in [2.45, 2.75) is 26.0 Å². The number of carbonyl (C=O) groups is 1. The molecule has 17 heavy (non-hydrogen) atoms. The van der Waals surface area contributed by atoms with E-state index in [1.807, 2.05) is 43.1 Å². The van der Waals surface area contributed by atoms with E-state index in [1.54, 1.807) is 0 Å². The van der Waals surface area contributed by atoms with Crippen LogP contribution in [0, 0.1) is 6.92 Å². The average Bonchev–Trinajstić information content (AvgIpc) is 2.19. The summed E-state index contributed by atoms with van der Waals surface area (Å²) in [6, 6.07) is 8.04.